The molecule has 3 rings (SSSR count). The van der Waals surface area contributed by atoms with E-state index >= 15 is 0 Å². The van der Waals surface area contributed by atoms with Crippen LogP contribution in [0.3, 0.4) is 0 Å². The molecule has 3 amide bonds. The van der Waals surface area contributed by atoms with Crippen molar-refractivity contribution in [2.75, 3.05) is 6.54 Å². The van der Waals surface area contributed by atoms with E-state index in [4.69, 9.17) is 16.3 Å². The van der Waals surface area contributed by atoms with Gasteiger partial charge in [-0.25, -0.2) is 0 Å². The number of carbonyl (C=O) groups is 4. The van der Waals surface area contributed by atoms with Gasteiger partial charge in [-0.1, -0.05) is 42.0 Å². The molecular formula is C21H23ClN2O5. The van der Waals surface area contributed by atoms with Gasteiger partial charge in [0.15, 0.2) is 6.10 Å². The minimum Gasteiger partial charge on any atom is -0.452 e. The quantitative estimate of drug-likeness (QED) is 0.416. The number of benzene rings is 1. The standard InChI is InChI=1S/C21H23ClN2O5/c1-13(19(26)23-12-14-6-2-5-9-17(14)22)29-18(25)10-11-24-20(27)15-7-3-4-8-16(15)21(24)28/h2-6,9,13,15-16H,7-8,10-12H2,1H3,(H,23,26)/t13-,15-,16+/m0/s1. The molecule has 1 fully saturated rings. The summed E-state index contributed by atoms with van der Waals surface area (Å²) in [5.41, 5.74) is 0.753. The van der Waals surface area contributed by atoms with E-state index in [0.29, 0.717) is 17.9 Å². The number of nitrogens with zero attached hydrogens (tertiary/aromatic N) is 1. The van der Waals surface area contributed by atoms with Gasteiger partial charge in [0, 0.05) is 18.1 Å². The molecule has 1 N–H and O–H groups in total. The number of nitrogens with one attached hydrogen (secondary N) is 1. The Morgan fingerprint density at radius 2 is 1.79 bits per heavy atom. The lowest BCUT2D eigenvalue weighted by Gasteiger charge is -2.16. The second-order valence-corrected chi connectivity index (χ2v) is 7.58. The summed E-state index contributed by atoms with van der Waals surface area (Å²) in [6, 6.07) is 7.11. The number of ether oxygens (including phenoxy) is 1. The molecule has 8 heteroatoms. The first-order valence-electron chi connectivity index (χ1n) is 9.59. The summed E-state index contributed by atoms with van der Waals surface area (Å²) in [6.45, 7) is 1.65. The summed E-state index contributed by atoms with van der Waals surface area (Å²) in [7, 11) is 0. The van der Waals surface area contributed by atoms with E-state index in [9.17, 15) is 19.2 Å². The van der Waals surface area contributed by atoms with Crippen LogP contribution in [-0.4, -0.2) is 41.2 Å². The number of esters is 1. The number of amides is 3. The monoisotopic (exact) mass is 418 g/mol. The number of hydrogen-bond acceptors (Lipinski definition) is 5. The molecule has 2 aliphatic rings. The number of likely N-dealkylation sites (tertiary alicyclic amines) is 1. The summed E-state index contributed by atoms with van der Waals surface area (Å²) in [6.07, 6.45) is 3.78. The molecule has 0 saturated carbocycles. The van der Waals surface area contributed by atoms with Gasteiger partial charge in [-0.2, -0.15) is 0 Å². The Morgan fingerprint density at radius 1 is 1.17 bits per heavy atom. The Labute approximate surface area is 174 Å². The van der Waals surface area contributed by atoms with Crippen molar-refractivity contribution in [1.82, 2.24) is 10.2 Å². The minimum atomic E-state index is -0.998. The summed E-state index contributed by atoms with van der Waals surface area (Å²) < 4.78 is 5.13. The molecule has 3 atom stereocenters. The highest BCUT2D eigenvalue weighted by Crippen LogP contribution is 2.35. The van der Waals surface area contributed by atoms with E-state index in [1.165, 1.54) is 6.92 Å². The number of allylic oxidation sites excluding steroid dienone is 2. The van der Waals surface area contributed by atoms with Crippen LogP contribution >= 0.6 is 11.6 Å². The van der Waals surface area contributed by atoms with Gasteiger partial charge >= 0.3 is 5.97 Å². The van der Waals surface area contributed by atoms with Crippen LogP contribution in [0.4, 0.5) is 0 Å². The zero-order chi connectivity index (χ0) is 21.0. The average molecular weight is 419 g/mol. The Kier molecular flexibility index (Phi) is 6.69. The van der Waals surface area contributed by atoms with Gasteiger partial charge in [0.1, 0.15) is 0 Å². The molecule has 7 nitrogen and oxygen atoms in total. The first kappa shape index (κ1) is 21.0. The number of carbonyl (C=O) groups excluding carboxylic acids is 4. The number of imide groups is 1. The highest BCUT2D eigenvalue weighted by Gasteiger charge is 2.47. The largest absolute Gasteiger partial charge is 0.452 e. The van der Waals surface area contributed by atoms with E-state index in [1.54, 1.807) is 18.2 Å². The lowest BCUT2D eigenvalue weighted by Crippen LogP contribution is -2.37. The van der Waals surface area contributed by atoms with Gasteiger partial charge in [0.25, 0.3) is 5.91 Å². The number of halogens is 1. The third-order valence-electron chi connectivity index (χ3n) is 5.23. The predicted molar refractivity (Wildman–Crippen MR) is 106 cm³/mol. The van der Waals surface area contributed by atoms with Crippen LogP contribution in [0.15, 0.2) is 36.4 Å². The normalized spacial score (nSPS) is 21.7. The van der Waals surface area contributed by atoms with E-state index in [-0.39, 0.29) is 43.2 Å². The molecule has 1 heterocycles. The average Bonchev–Trinajstić information content (AvgIpc) is 2.96. The molecule has 0 aromatic heterocycles. The smallest absolute Gasteiger partial charge is 0.308 e. The van der Waals surface area contributed by atoms with Crippen LogP contribution in [0.2, 0.25) is 5.02 Å². The van der Waals surface area contributed by atoms with Crippen molar-refractivity contribution in [3.63, 3.8) is 0 Å². The summed E-state index contributed by atoms with van der Waals surface area (Å²) in [5, 5.41) is 3.20. The van der Waals surface area contributed by atoms with Crippen LogP contribution in [0, 0.1) is 11.8 Å². The van der Waals surface area contributed by atoms with Gasteiger partial charge in [-0.3, -0.25) is 24.1 Å². The second kappa shape index (κ2) is 9.22. The van der Waals surface area contributed by atoms with E-state index in [1.807, 2.05) is 18.2 Å². The fourth-order valence-electron chi connectivity index (χ4n) is 3.57. The third-order valence-corrected chi connectivity index (χ3v) is 5.60. The maximum absolute atomic E-state index is 12.4. The molecule has 1 aromatic carbocycles. The zero-order valence-corrected chi connectivity index (χ0v) is 16.9. The van der Waals surface area contributed by atoms with E-state index in [2.05, 4.69) is 5.32 Å². The van der Waals surface area contributed by atoms with Crippen LogP contribution in [-0.2, 0) is 30.5 Å². The Hall–Kier alpha value is -2.67. The van der Waals surface area contributed by atoms with Crippen LogP contribution in [0.1, 0.15) is 31.7 Å². The van der Waals surface area contributed by atoms with Crippen molar-refractivity contribution in [2.45, 2.75) is 38.8 Å². The Balaban J connectivity index is 1.44. The molecule has 0 spiro atoms. The van der Waals surface area contributed by atoms with Gasteiger partial charge in [-0.15, -0.1) is 0 Å². The lowest BCUT2D eigenvalue weighted by atomic mass is 9.85. The van der Waals surface area contributed by atoms with Crippen molar-refractivity contribution in [1.29, 1.82) is 0 Å². The summed E-state index contributed by atoms with van der Waals surface area (Å²) in [4.78, 5) is 50.1. The first-order chi connectivity index (χ1) is 13.9. The molecular weight excluding hydrogens is 396 g/mol. The van der Waals surface area contributed by atoms with Crippen molar-refractivity contribution < 1.29 is 23.9 Å². The molecule has 1 saturated heterocycles. The molecule has 1 aliphatic carbocycles. The SMILES string of the molecule is C[C@H](OC(=O)CCN1C(=O)[C@H]2CC=CC[C@H]2C1=O)C(=O)NCc1ccccc1Cl. The Bertz CT molecular complexity index is 827. The van der Waals surface area contributed by atoms with Crippen LogP contribution < -0.4 is 5.32 Å². The molecule has 1 aromatic rings. The lowest BCUT2D eigenvalue weighted by molar-refractivity contribution is -0.155. The third kappa shape index (κ3) is 4.85. The number of hydrogen-bond donors (Lipinski definition) is 1. The molecule has 154 valence electrons. The fourth-order valence-corrected chi connectivity index (χ4v) is 3.77. The Morgan fingerprint density at radius 3 is 2.41 bits per heavy atom. The van der Waals surface area contributed by atoms with Crippen molar-refractivity contribution in [3.05, 3.63) is 47.0 Å². The second-order valence-electron chi connectivity index (χ2n) is 7.18. The highest BCUT2D eigenvalue weighted by molar-refractivity contribution is 6.31. The highest BCUT2D eigenvalue weighted by atomic mass is 35.5. The number of fused-ring (bicyclic) bond motifs is 1. The predicted octanol–water partition coefficient (Wildman–Crippen LogP) is 2.23. The van der Waals surface area contributed by atoms with Gasteiger partial charge in [0.2, 0.25) is 11.8 Å². The topological polar surface area (TPSA) is 92.8 Å². The van der Waals surface area contributed by atoms with Crippen molar-refractivity contribution in [2.24, 2.45) is 11.8 Å². The maximum Gasteiger partial charge on any atom is 0.308 e. The van der Waals surface area contributed by atoms with Crippen molar-refractivity contribution >= 4 is 35.3 Å². The number of rotatable bonds is 7. The maximum atomic E-state index is 12.4. The summed E-state index contributed by atoms with van der Waals surface area (Å²) >= 11 is 6.04. The molecule has 1 aliphatic heterocycles. The van der Waals surface area contributed by atoms with Gasteiger partial charge < -0.3 is 10.1 Å². The minimum absolute atomic E-state index is 0.0303. The summed E-state index contributed by atoms with van der Waals surface area (Å²) in [5.74, 6) is -2.20. The van der Waals surface area contributed by atoms with Gasteiger partial charge in [0.05, 0.1) is 18.3 Å². The fraction of sp³-hybridized carbons (Fsp3) is 0.429. The molecule has 29 heavy (non-hydrogen) atoms. The first-order valence-corrected chi connectivity index (χ1v) is 9.97. The van der Waals surface area contributed by atoms with E-state index < -0.39 is 18.0 Å². The van der Waals surface area contributed by atoms with Gasteiger partial charge in [-0.05, 0) is 31.4 Å². The molecule has 0 unspecified atom stereocenters. The van der Waals surface area contributed by atoms with Crippen LogP contribution in [0.5, 0.6) is 0 Å². The molecule has 0 bridgehead atoms. The molecule has 0 radical (unpaired) electrons. The van der Waals surface area contributed by atoms with Crippen LogP contribution in [0.25, 0.3) is 0 Å². The zero-order valence-electron chi connectivity index (χ0n) is 16.1. The van der Waals surface area contributed by atoms with Crippen molar-refractivity contribution in [3.8, 4) is 0 Å². The van der Waals surface area contributed by atoms with E-state index in [0.717, 1.165) is 10.5 Å².